The third-order valence-electron chi connectivity index (χ3n) is 2.47. The van der Waals surface area contributed by atoms with Crippen molar-refractivity contribution < 1.29 is 14.6 Å². The van der Waals surface area contributed by atoms with Gasteiger partial charge >= 0.3 is 5.97 Å². The average Bonchev–Trinajstić information content (AvgIpc) is 2.35. The fourth-order valence-corrected chi connectivity index (χ4v) is 1.75. The summed E-state index contributed by atoms with van der Waals surface area (Å²) in [4.78, 5) is 11.0. The van der Waals surface area contributed by atoms with Crippen molar-refractivity contribution in [2.75, 3.05) is 25.5 Å². The highest BCUT2D eigenvalue weighted by Gasteiger charge is 2.14. The van der Waals surface area contributed by atoms with Crippen molar-refractivity contribution in [2.24, 2.45) is 5.73 Å². The zero-order valence-electron chi connectivity index (χ0n) is 10.2. The van der Waals surface area contributed by atoms with Crippen LogP contribution in [0.2, 0.25) is 5.02 Å². The Hall–Kier alpha value is -1.46. The molecule has 100 valence electrons. The highest BCUT2D eigenvalue weighted by Crippen LogP contribution is 2.30. The van der Waals surface area contributed by atoms with Crippen LogP contribution in [0.4, 0.5) is 5.69 Å². The third-order valence-corrected chi connectivity index (χ3v) is 2.78. The molecule has 4 N–H and O–H groups in total. The van der Waals surface area contributed by atoms with Gasteiger partial charge in [-0.05, 0) is 25.5 Å². The van der Waals surface area contributed by atoms with Crippen LogP contribution in [0.5, 0.6) is 5.75 Å². The second-order valence-corrected chi connectivity index (χ2v) is 4.17. The van der Waals surface area contributed by atoms with E-state index in [1.165, 1.54) is 13.2 Å². The molecule has 0 aliphatic rings. The van der Waals surface area contributed by atoms with E-state index in [9.17, 15) is 4.79 Å². The first-order chi connectivity index (χ1) is 8.60. The molecule has 0 spiro atoms. The van der Waals surface area contributed by atoms with Crippen molar-refractivity contribution >= 4 is 23.3 Å². The number of nitrogens with one attached hydrogen (secondary N) is 1. The van der Waals surface area contributed by atoms with Crippen LogP contribution in [0.25, 0.3) is 0 Å². The predicted molar refractivity (Wildman–Crippen MR) is 71.7 cm³/mol. The molecule has 0 aromatic heterocycles. The average molecular weight is 273 g/mol. The van der Waals surface area contributed by atoms with E-state index < -0.39 is 5.97 Å². The number of nitrogens with two attached hydrogens (primary N) is 1. The Morgan fingerprint density at radius 3 is 2.78 bits per heavy atom. The molecule has 1 aromatic carbocycles. The third kappa shape index (κ3) is 3.78. The number of carbonyl (C=O) groups is 1. The fourth-order valence-electron chi connectivity index (χ4n) is 1.52. The lowest BCUT2D eigenvalue weighted by Crippen LogP contribution is -2.07. The molecule has 5 nitrogen and oxygen atoms in total. The molecule has 0 saturated carbocycles. The van der Waals surface area contributed by atoms with Gasteiger partial charge < -0.3 is 20.9 Å². The number of methoxy groups -OCH3 is 1. The smallest absolute Gasteiger partial charge is 0.339 e. The van der Waals surface area contributed by atoms with Gasteiger partial charge in [0.2, 0.25) is 0 Å². The summed E-state index contributed by atoms with van der Waals surface area (Å²) in [5.74, 6) is -0.781. The molecule has 0 amide bonds. The number of benzene rings is 1. The number of aromatic carboxylic acids is 1. The summed E-state index contributed by atoms with van der Waals surface area (Å²) < 4.78 is 5.03. The molecule has 0 saturated heterocycles. The van der Waals surface area contributed by atoms with E-state index in [0.29, 0.717) is 17.3 Å². The second-order valence-electron chi connectivity index (χ2n) is 3.76. The van der Waals surface area contributed by atoms with Gasteiger partial charge in [0, 0.05) is 12.6 Å². The van der Waals surface area contributed by atoms with Crippen LogP contribution in [0, 0.1) is 0 Å². The van der Waals surface area contributed by atoms with Crippen molar-refractivity contribution in [2.45, 2.75) is 12.8 Å². The van der Waals surface area contributed by atoms with Crippen LogP contribution in [0.1, 0.15) is 23.2 Å². The summed E-state index contributed by atoms with van der Waals surface area (Å²) in [6.07, 6.45) is 1.85. The van der Waals surface area contributed by atoms with Crippen molar-refractivity contribution in [1.82, 2.24) is 0 Å². The Kier molecular flexibility index (Phi) is 5.74. The normalized spacial score (nSPS) is 10.2. The van der Waals surface area contributed by atoms with Gasteiger partial charge in [0.25, 0.3) is 0 Å². The Morgan fingerprint density at radius 2 is 2.22 bits per heavy atom. The summed E-state index contributed by atoms with van der Waals surface area (Å²) in [5.41, 5.74) is 6.11. The highest BCUT2D eigenvalue weighted by molar-refractivity contribution is 6.33. The largest absolute Gasteiger partial charge is 0.496 e. The van der Waals surface area contributed by atoms with Gasteiger partial charge in [-0.15, -0.1) is 0 Å². The number of carboxylic acid groups (broad SMARTS) is 1. The molecule has 0 aliphatic heterocycles. The minimum Gasteiger partial charge on any atom is -0.496 e. The fraction of sp³-hybridized carbons (Fsp3) is 0.417. The van der Waals surface area contributed by atoms with E-state index in [0.717, 1.165) is 19.4 Å². The van der Waals surface area contributed by atoms with Gasteiger partial charge in [0.15, 0.2) is 0 Å². The number of anilines is 1. The monoisotopic (exact) mass is 272 g/mol. The van der Waals surface area contributed by atoms with Crippen LogP contribution in [0.15, 0.2) is 12.1 Å². The van der Waals surface area contributed by atoms with Crippen LogP contribution in [0.3, 0.4) is 0 Å². The van der Waals surface area contributed by atoms with E-state index >= 15 is 0 Å². The van der Waals surface area contributed by atoms with Crippen molar-refractivity contribution in [3.63, 3.8) is 0 Å². The van der Waals surface area contributed by atoms with Gasteiger partial charge in [-0.1, -0.05) is 11.6 Å². The van der Waals surface area contributed by atoms with E-state index in [1.807, 2.05) is 0 Å². The van der Waals surface area contributed by atoms with Gasteiger partial charge in [-0.2, -0.15) is 0 Å². The summed E-state index contributed by atoms with van der Waals surface area (Å²) in [5, 5.41) is 12.5. The van der Waals surface area contributed by atoms with E-state index in [2.05, 4.69) is 5.32 Å². The molecule has 1 rings (SSSR count). The molecule has 18 heavy (non-hydrogen) atoms. The SMILES string of the molecule is COc1cc(NCCCCN)c(Cl)cc1C(=O)O. The first-order valence-corrected chi connectivity index (χ1v) is 6.02. The molecule has 0 bridgehead atoms. The first kappa shape index (κ1) is 14.6. The first-order valence-electron chi connectivity index (χ1n) is 5.65. The summed E-state index contributed by atoms with van der Waals surface area (Å²) in [6.45, 7) is 1.38. The Balaban J connectivity index is 2.83. The maximum Gasteiger partial charge on any atom is 0.339 e. The van der Waals surface area contributed by atoms with Crippen LogP contribution >= 0.6 is 11.6 Å². The number of hydrogen-bond acceptors (Lipinski definition) is 4. The number of ether oxygens (including phenoxy) is 1. The van der Waals surface area contributed by atoms with E-state index in [1.54, 1.807) is 6.07 Å². The van der Waals surface area contributed by atoms with Crippen LogP contribution in [-0.4, -0.2) is 31.3 Å². The summed E-state index contributed by atoms with van der Waals surface area (Å²) in [6, 6.07) is 2.97. The molecule has 0 unspecified atom stereocenters. The topological polar surface area (TPSA) is 84.6 Å². The zero-order valence-corrected chi connectivity index (χ0v) is 11.0. The lowest BCUT2D eigenvalue weighted by Gasteiger charge is -2.12. The van der Waals surface area contributed by atoms with E-state index in [-0.39, 0.29) is 11.3 Å². The molecule has 0 heterocycles. The lowest BCUT2D eigenvalue weighted by molar-refractivity contribution is 0.0693. The molecule has 0 fully saturated rings. The minimum atomic E-state index is -1.07. The molecule has 1 aromatic rings. The maximum atomic E-state index is 11.0. The Morgan fingerprint density at radius 1 is 1.50 bits per heavy atom. The van der Waals surface area contributed by atoms with Gasteiger partial charge in [-0.3, -0.25) is 0 Å². The molecule has 0 radical (unpaired) electrons. The maximum absolute atomic E-state index is 11.0. The van der Waals surface area contributed by atoms with Crippen molar-refractivity contribution in [3.8, 4) is 5.75 Å². The van der Waals surface area contributed by atoms with Crippen LogP contribution in [-0.2, 0) is 0 Å². The number of carboxylic acids is 1. The zero-order chi connectivity index (χ0) is 13.5. The Bertz CT molecular complexity index is 424. The summed E-state index contributed by atoms with van der Waals surface area (Å²) >= 11 is 6.01. The highest BCUT2D eigenvalue weighted by atomic mass is 35.5. The Labute approximate surface area is 111 Å². The summed E-state index contributed by atoms with van der Waals surface area (Å²) in [7, 11) is 1.42. The van der Waals surface area contributed by atoms with Crippen LogP contribution < -0.4 is 15.8 Å². The van der Waals surface area contributed by atoms with Crippen molar-refractivity contribution in [3.05, 3.63) is 22.7 Å². The molecular formula is C12H17ClN2O3. The quantitative estimate of drug-likeness (QED) is 0.663. The number of unbranched alkanes of at least 4 members (excludes halogenated alkanes) is 1. The number of halogens is 1. The molecule has 6 heteroatoms. The second kappa shape index (κ2) is 7.08. The van der Waals surface area contributed by atoms with Crippen molar-refractivity contribution in [1.29, 1.82) is 0 Å². The predicted octanol–water partition coefficient (Wildman–Crippen LogP) is 2.20. The standard InChI is InChI=1S/C12H17ClN2O3/c1-18-11-7-10(15-5-3-2-4-14)9(13)6-8(11)12(16)17/h6-7,15H,2-5,14H2,1H3,(H,16,17). The molecular weight excluding hydrogens is 256 g/mol. The minimum absolute atomic E-state index is 0.0509. The van der Waals surface area contributed by atoms with Gasteiger partial charge in [-0.25, -0.2) is 4.79 Å². The number of rotatable bonds is 7. The molecule has 0 atom stereocenters. The lowest BCUT2D eigenvalue weighted by atomic mass is 10.1. The molecule has 0 aliphatic carbocycles. The van der Waals surface area contributed by atoms with E-state index in [4.69, 9.17) is 27.2 Å². The number of hydrogen-bond donors (Lipinski definition) is 3. The van der Waals surface area contributed by atoms with Gasteiger partial charge in [0.1, 0.15) is 11.3 Å². The van der Waals surface area contributed by atoms with Gasteiger partial charge in [0.05, 0.1) is 17.8 Å².